The quantitative estimate of drug-likeness (QED) is 0.0833. The first-order valence-electron chi connectivity index (χ1n) is 12.9. The lowest BCUT2D eigenvalue weighted by Crippen LogP contribution is -2.25. The van der Waals surface area contributed by atoms with Crippen LogP contribution >= 0.6 is 0 Å². The average molecular weight is 610 g/mol. The van der Waals surface area contributed by atoms with Gasteiger partial charge in [-0.25, -0.2) is 22.0 Å². The van der Waals surface area contributed by atoms with Gasteiger partial charge in [0.1, 0.15) is 46.1 Å². The van der Waals surface area contributed by atoms with Crippen LogP contribution in [-0.2, 0) is 10.9 Å². The minimum atomic E-state index is -4.72. The molecule has 0 atom stereocenters. The van der Waals surface area contributed by atoms with Crippen molar-refractivity contribution in [2.75, 3.05) is 0 Å². The Morgan fingerprint density at radius 2 is 1.16 bits per heavy atom. The van der Waals surface area contributed by atoms with Crippen molar-refractivity contribution in [1.29, 1.82) is 0 Å². The summed E-state index contributed by atoms with van der Waals surface area (Å²) >= 11 is 0. The van der Waals surface area contributed by atoms with E-state index in [4.69, 9.17) is 9.47 Å². The zero-order valence-electron chi connectivity index (χ0n) is 22.1. The molecule has 6 rings (SSSR count). The van der Waals surface area contributed by atoms with Crippen LogP contribution in [0.5, 0.6) is 23.0 Å². The SMILES string of the molecule is O=C(Oc1ccc(-c2cc(F)c(C(F)(F)Oc3cc(F)c(F)c(F)c3)c(F)c2)cc1)C1c2ccccc2Oc2ccccc21. The lowest BCUT2D eigenvalue weighted by atomic mass is 9.88. The largest absolute Gasteiger partial charge is 0.457 e. The molecule has 0 unspecified atom stereocenters. The van der Waals surface area contributed by atoms with Gasteiger partial charge in [-0.1, -0.05) is 48.5 Å². The van der Waals surface area contributed by atoms with E-state index in [1.54, 1.807) is 48.5 Å². The fourth-order valence-electron chi connectivity index (χ4n) is 4.86. The molecule has 222 valence electrons. The maximum absolute atomic E-state index is 14.8. The van der Waals surface area contributed by atoms with Gasteiger partial charge < -0.3 is 14.2 Å². The number of carbonyl (C=O) groups is 1. The van der Waals surface area contributed by atoms with Crippen molar-refractivity contribution in [2.24, 2.45) is 0 Å². The second kappa shape index (κ2) is 11.1. The molecule has 0 fully saturated rings. The van der Waals surface area contributed by atoms with Crippen LogP contribution in [0, 0.1) is 29.1 Å². The topological polar surface area (TPSA) is 44.8 Å². The molecule has 1 aliphatic rings. The van der Waals surface area contributed by atoms with Crippen LogP contribution in [0.2, 0.25) is 0 Å². The first-order valence-corrected chi connectivity index (χ1v) is 12.9. The predicted molar refractivity (Wildman–Crippen MR) is 143 cm³/mol. The number of alkyl halides is 2. The molecule has 4 nitrogen and oxygen atoms in total. The normalized spacial score (nSPS) is 12.6. The maximum atomic E-state index is 14.8. The molecule has 0 N–H and O–H groups in total. The van der Waals surface area contributed by atoms with E-state index >= 15 is 0 Å². The van der Waals surface area contributed by atoms with E-state index in [2.05, 4.69) is 4.74 Å². The van der Waals surface area contributed by atoms with Crippen LogP contribution in [0.3, 0.4) is 0 Å². The summed E-state index contributed by atoms with van der Waals surface area (Å²) < 4.78 is 115. The highest BCUT2D eigenvalue weighted by Gasteiger charge is 2.41. The Bertz CT molecular complexity index is 1820. The minimum Gasteiger partial charge on any atom is -0.457 e. The summed E-state index contributed by atoms with van der Waals surface area (Å²) in [7, 11) is 0. The summed E-state index contributed by atoms with van der Waals surface area (Å²) in [4.78, 5) is 13.3. The molecule has 0 radical (unpaired) electrons. The van der Waals surface area contributed by atoms with Gasteiger partial charge in [0, 0.05) is 23.3 Å². The molecule has 11 heteroatoms. The van der Waals surface area contributed by atoms with Gasteiger partial charge in [-0.05, 0) is 47.5 Å². The molecule has 5 aromatic carbocycles. The first kappa shape index (κ1) is 28.8. The van der Waals surface area contributed by atoms with Gasteiger partial charge in [0.05, 0.1) is 0 Å². The van der Waals surface area contributed by atoms with Crippen LogP contribution in [0.15, 0.2) is 97.1 Å². The summed E-state index contributed by atoms with van der Waals surface area (Å²) in [5.41, 5.74) is -0.580. The number of halogens is 7. The van der Waals surface area contributed by atoms with Crippen molar-refractivity contribution in [3.8, 4) is 34.1 Å². The highest BCUT2D eigenvalue weighted by Crippen LogP contribution is 2.44. The van der Waals surface area contributed by atoms with E-state index in [0.29, 0.717) is 34.8 Å². The van der Waals surface area contributed by atoms with Crippen molar-refractivity contribution in [3.63, 3.8) is 0 Å². The molecule has 1 heterocycles. The maximum Gasteiger partial charge on any atom is 0.432 e. The Hall–Kier alpha value is -5.32. The molecule has 5 aromatic rings. The number of ether oxygens (including phenoxy) is 3. The van der Waals surface area contributed by atoms with Crippen LogP contribution < -0.4 is 14.2 Å². The van der Waals surface area contributed by atoms with Gasteiger partial charge in [0.15, 0.2) is 17.5 Å². The zero-order valence-corrected chi connectivity index (χ0v) is 22.1. The Balaban J connectivity index is 1.22. The molecule has 0 aromatic heterocycles. The number of benzene rings is 5. The summed E-state index contributed by atoms with van der Waals surface area (Å²) in [5.74, 6) is -10.5. The Kier molecular flexibility index (Phi) is 7.24. The second-order valence-electron chi connectivity index (χ2n) is 9.69. The van der Waals surface area contributed by atoms with E-state index in [-0.39, 0.29) is 29.0 Å². The summed E-state index contributed by atoms with van der Waals surface area (Å²) in [6, 6.07) is 20.9. The predicted octanol–water partition coefficient (Wildman–Crippen LogP) is 9.02. The highest BCUT2D eigenvalue weighted by molar-refractivity contribution is 5.87. The number of fused-ring (bicyclic) bond motifs is 2. The standard InChI is InChI=1S/C33H17F7O4/c34-23-13-18(14-24(35)30(23)33(39,40)44-20-15-25(36)31(38)26(37)16-20)17-9-11-19(12-10-17)42-32(41)29-21-5-1-3-7-27(21)43-28-8-4-2-6-22(28)29/h1-16,29H. The van der Waals surface area contributed by atoms with Gasteiger partial charge in [-0.15, -0.1) is 0 Å². The number of esters is 1. The van der Waals surface area contributed by atoms with Gasteiger partial charge in [-0.3, -0.25) is 4.79 Å². The zero-order chi connectivity index (χ0) is 31.2. The fourth-order valence-corrected chi connectivity index (χ4v) is 4.86. The monoisotopic (exact) mass is 610 g/mol. The number of hydrogen-bond donors (Lipinski definition) is 0. The van der Waals surface area contributed by atoms with Crippen molar-refractivity contribution >= 4 is 5.97 Å². The minimum absolute atomic E-state index is 0.108. The molecular weight excluding hydrogens is 593 g/mol. The smallest absolute Gasteiger partial charge is 0.432 e. The molecule has 0 saturated carbocycles. The average Bonchev–Trinajstić information content (AvgIpc) is 2.98. The van der Waals surface area contributed by atoms with Crippen LogP contribution in [0.25, 0.3) is 11.1 Å². The van der Waals surface area contributed by atoms with Crippen molar-refractivity contribution in [3.05, 3.63) is 143 Å². The molecular formula is C33H17F7O4. The highest BCUT2D eigenvalue weighted by atomic mass is 19.3. The van der Waals surface area contributed by atoms with Crippen molar-refractivity contribution < 1.29 is 49.7 Å². The van der Waals surface area contributed by atoms with E-state index in [0.717, 1.165) is 0 Å². The van der Waals surface area contributed by atoms with E-state index < -0.39 is 58.4 Å². The molecule has 44 heavy (non-hydrogen) atoms. The molecule has 0 spiro atoms. The number of carbonyl (C=O) groups excluding carboxylic acids is 1. The number of rotatable bonds is 6. The van der Waals surface area contributed by atoms with Crippen LogP contribution in [0.4, 0.5) is 30.7 Å². The molecule has 0 saturated heterocycles. The van der Waals surface area contributed by atoms with Crippen molar-refractivity contribution in [1.82, 2.24) is 0 Å². The van der Waals surface area contributed by atoms with Crippen LogP contribution in [0.1, 0.15) is 22.6 Å². The summed E-state index contributed by atoms with van der Waals surface area (Å²) in [6.07, 6.45) is -4.72. The lowest BCUT2D eigenvalue weighted by molar-refractivity contribution is -0.189. The Morgan fingerprint density at radius 3 is 1.70 bits per heavy atom. The van der Waals surface area contributed by atoms with Gasteiger partial charge in [0.2, 0.25) is 0 Å². The van der Waals surface area contributed by atoms with Gasteiger partial charge in [0.25, 0.3) is 0 Å². The molecule has 0 amide bonds. The van der Waals surface area contributed by atoms with Gasteiger partial charge in [-0.2, -0.15) is 8.78 Å². The summed E-state index contributed by atoms with van der Waals surface area (Å²) in [5, 5.41) is 0. The Labute approximate surface area is 244 Å². The Morgan fingerprint density at radius 1 is 0.636 bits per heavy atom. The van der Waals surface area contributed by atoms with E-state index in [1.807, 2.05) is 0 Å². The fraction of sp³-hybridized carbons (Fsp3) is 0.0606. The number of hydrogen-bond acceptors (Lipinski definition) is 4. The first-order chi connectivity index (χ1) is 21.0. The molecule has 1 aliphatic heterocycles. The third kappa shape index (κ3) is 5.32. The third-order valence-corrected chi connectivity index (χ3v) is 6.86. The summed E-state index contributed by atoms with van der Waals surface area (Å²) in [6.45, 7) is 0. The number of para-hydroxylation sites is 2. The third-order valence-electron chi connectivity index (χ3n) is 6.86. The van der Waals surface area contributed by atoms with Crippen molar-refractivity contribution in [2.45, 2.75) is 12.0 Å². The second-order valence-corrected chi connectivity index (χ2v) is 9.69. The van der Waals surface area contributed by atoms with Crippen LogP contribution in [-0.4, -0.2) is 5.97 Å². The molecule has 0 bridgehead atoms. The van der Waals surface area contributed by atoms with E-state index in [9.17, 15) is 35.5 Å². The molecule has 0 aliphatic carbocycles. The van der Waals surface area contributed by atoms with E-state index in [1.165, 1.54) is 24.3 Å². The van der Waals surface area contributed by atoms with Gasteiger partial charge >= 0.3 is 12.1 Å². The lowest BCUT2D eigenvalue weighted by Gasteiger charge is -2.26.